The van der Waals surface area contributed by atoms with Crippen LogP contribution in [0.2, 0.25) is 0 Å². The van der Waals surface area contributed by atoms with Crippen LogP contribution in [0.15, 0.2) is 0 Å². The molecule has 0 atom stereocenters. The Morgan fingerprint density at radius 3 is 2.83 bits per heavy atom. The number of carbonyl (C=O) groups is 1. The summed E-state index contributed by atoms with van der Waals surface area (Å²) < 4.78 is 6.11. The molecule has 0 radical (unpaired) electrons. The molecule has 1 aromatic heterocycles. The van der Waals surface area contributed by atoms with Crippen molar-refractivity contribution in [2.45, 2.75) is 27.2 Å². The van der Waals surface area contributed by atoms with Crippen molar-refractivity contribution in [3.05, 3.63) is 14.5 Å². The lowest BCUT2D eigenvalue weighted by Crippen LogP contribution is -2.28. The average molecular weight is 288 g/mol. The Kier molecular flexibility index (Phi) is 6.52. The minimum absolute atomic E-state index is 0.0106. The quantitative estimate of drug-likeness (QED) is 0.598. The Morgan fingerprint density at radius 1 is 1.56 bits per heavy atom. The molecule has 1 aromatic rings. The lowest BCUT2D eigenvalue weighted by Gasteiger charge is -2.07. The molecule has 1 heterocycles. The monoisotopic (exact) mass is 288 g/mol. The molecule has 6 heteroatoms. The van der Waals surface area contributed by atoms with E-state index in [1.807, 2.05) is 6.92 Å². The number of H-pyrrole nitrogens is 1. The number of hydrogen-bond donors (Lipinski definition) is 2. The number of aromatic amines is 1. The van der Waals surface area contributed by atoms with E-state index in [0.29, 0.717) is 25.5 Å². The largest absolute Gasteiger partial charge is 0.379 e. The van der Waals surface area contributed by atoms with Gasteiger partial charge in [-0.15, -0.1) is 11.3 Å². The second-order valence-corrected chi connectivity index (χ2v) is 6.33. The molecule has 18 heavy (non-hydrogen) atoms. The van der Waals surface area contributed by atoms with Crippen molar-refractivity contribution in [1.82, 2.24) is 10.3 Å². The minimum Gasteiger partial charge on any atom is -0.379 e. The molecule has 1 amide bonds. The third kappa shape index (κ3) is 5.75. The van der Waals surface area contributed by atoms with Crippen LogP contribution in [-0.4, -0.2) is 30.6 Å². The summed E-state index contributed by atoms with van der Waals surface area (Å²) in [6, 6.07) is 0. The Balaban J connectivity index is 2.22. The molecule has 0 aliphatic rings. The predicted molar refractivity (Wildman–Crippen MR) is 76.6 cm³/mol. The van der Waals surface area contributed by atoms with Crippen LogP contribution < -0.4 is 5.32 Å². The van der Waals surface area contributed by atoms with Gasteiger partial charge in [0.15, 0.2) is 3.95 Å². The van der Waals surface area contributed by atoms with Gasteiger partial charge >= 0.3 is 0 Å². The number of nitrogens with one attached hydrogen (secondary N) is 2. The summed E-state index contributed by atoms with van der Waals surface area (Å²) in [4.78, 5) is 15.7. The molecule has 0 bridgehead atoms. The van der Waals surface area contributed by atoms with Gasteiger partial charge in [-0.2, -0.15) is 0 Å². The summed E-state index contributed by atoms with van der Waals surface area (Å²) in [5.74, 6) is 0.534. The van der Waals surface area contributed by atoms with Crippen molar-refractivity contribution < 1.29 is 9.53 Å². The maximum absolute atomic E-state index is 11.7. The lowest BCUT2D eigenvalue weighted by molar-refractivity contribution is -0.120. The summed E-state index contributed by atoms with van der Waals surface area (Å²) >= 11 is 6.49. The van der Waals surface area contributed by atoms with Crippen LogP contribution in [0.1, 0.15) is 24.4 Å². The first-order valence-corrected chi connectivity index (χ1v) is 7.24. The van der Waals surface area contributed by atoms with Crippen LogP contribution in [0.3, 0.4) is 0 Å². The molecule has 0 aromatic carbocycles. The van der Waals surface area contributed by atoms with Gasteiger partial charge in [0.05, 0.1) is 13.0 Å². The lowest BCUT2D eigenvalue weighted by atomic mass is 10.2. The molecular formula is C12H20N2O2S2. The number of carbonyl (C=O) groups excluding carboxylic acids is 1. The number of aromatic nitrogens is 1. The average Bonchev–Trinajstić information content (AvgIpc) is 2.56. The van der Waals surface area contributed by atoms with E-state index in [9.17, 15) is 4.79 Å². The van der Waals surface area contributed by atoms with Gasteiger partial charge in [0, 0.05) is 23.7 Å². The number of thiazole rings is 1. The SMILES string of the molecule is Cc1[nH]c(=S)sc1CC(=O)NCCOCC(C)C. The highest BCUT2D eigenvalue weighted by Crippen LogP contribution is 2.14. The highest BCUT2D eigenvalue weighted by Gasteiger charge is 2.08. The molecule has 0 aliphatic heterocycles. The van der Waals surface area contributed by atoms with Gasteiger partial charge in [-0.3, -0.25) is 4.79 Å². The fraction of sp³-hybridized carbons (Fsp3) is 0.667. The first-order valence-electron chi connectivity index (χ1n) is 6.02. The van der Waals surface area contributed by atoms with Crippen molar-refractivity contribution in [3.63, 3.8) is 0 Å². The summed E-state index contributed by atoms with van der Waals surface area (Å²) in [6.45, 7) is 7.98. The van der Waals surface area contributed by atoms with Crippen molar-refractivity contribution in [2.24, 2.45) is 5.92 Å². The van der Waals surface area contributed by atoms with E-state index in [1.54, 1.807) is 0 Å². The highest BCUT2D eigenvalue weighted by molar-refractivity contribution is 7.73. The van der Waals surface area contributed by atoms with Gasteiger partial charge in [0.1, 0.15) is 0 Å². The van der Waals surface area contributed by atoms with Gasteiger partial charge in [0.2, 0.25) is 5.91 Å². The molecule has 102 valence electrons. The Hall–Kier alpha value is -0.720. The van der Waals surface area contributed by atoms with Crippen molar-refractivity contribution in [1.29, 1.82) is 0 Å². The molecule has 0 spiro atoms. The number of amides is 1. The van der Waals surface area contributed by atoms with Crippen molar-refractivity contribution in [2.75, 3.05) is 19.8 Å². The summed E-state index contributed by atoms with van der Waals surface area (Å²) in [5.41, 5.74) is 0.983. The molecule has 1 rings (SSSR count). The molecule has 0 fully saturated rings. The van der Waals surface area contributed by atoms with E-state index in [-0.39, 0.29) is 5.91 Å². The fourth-order valence-electron chi connectivity index (χ4n) is 1.40. The van der Waals surface area contributed by atoms with E-state index in [4.69, 9.17) is 17.0 Å². The Bertz CT molecular complexity index is 438. The molecule has 0 aliphatic carbocycles. The van der Waals surface area contributed by atoms with Gasteiger partial charge in [-0.25, -0.2) is 0 Å². The van der Waals surface area contributed by atoms with E-state index in [2.05, 4.69) is 24.1 Å². The van der Waals surface area contributed by atoms with Crippen molar-refractivity contribution in [3.8, 4) is 0 Å². The Labute approximate surface area is 117 Å². The first-order chi connectivity index (χ1) is 8.49. The van der Waals surface area contributed by atoms with E-state index in [0.717, 1.165) is 21.1 Å². The number of hydrogen-bond acceptors (Lipinski definition) is 4. The summed E-state index contributed by atoms with van der Waals surface area (Å²) in [7, 11) is 0. The third-order valence-electron chi connectivity index (χ3n) is 2.26. The number of rotatable bonds is 7. The summed E-state index contributed by atoms with van der Waals surface area (Å²) in [5, 5.41) is 2.84. The molecule has 4 nitrogen and oxygen atoms in total. The molecule has 0 unspecified atom stereocenters. The Morgan fingerprint density at radius 2 is 2.28 bits per heavy atom. The van der Waals surface area contributed by atoms with Crippen LogP contribution in [0, 0.1) is 16.8 Å². The third-order valence-corrected chi connectivity index (χ3v) is 3.60. The second-order valence-electron chi connectivity index (χ2n) is 4.56. The summed E-state index contributed by atoms with van der Waals surface area (Å²) in [6.07, 6.45) is 0.383. The topological polar surface area (TPSA) is 54.1 Å². The van der Waals surface area contributed by atoms with Gasteiger partial charge < -0.3 is 15.0 Å². The zero-order valence-electron chi connectivity index (χ0n) is 11.0. The fourth-order valence-corrected chi connectivity index (χ4v) is 2.69. The number of ether oxygens (including phenoxy) is 1. The standard InChI is InChI=1S/C12H20N2O2S2/c1-8(2)7-16-5-4-13-11(15)6-10-9(3)14-12(17)18-10/h8H,4-7H2,1-3H3,(H,13,15)(H,14,17). The van der Waals surface area contributed by atoms with Crippen LogP contribution in [0.25, 0.3) is 0 Å². The van der Waals surface area contributed by atoms with Crippen LogP contribution >= 0.6 is 23.6 Å². The zero-order valence-corrected chi connectivity index (χ0v) is 12.7. The van der Waals surface area contributed by atoms with E-state index in [1.165, 1.54) is 11.3 Å². The predicted octanol–water partition coefficient (Wildman–Crippen LogP) is 2.45. The second kappa shape index (κ2) is 7.66. The number of aryl methyl sites for hydroxylation is 1. The molecule has 2 N–H and O–H groups in total. The zero-order chi connectivity index (χ0) is 13.5. The van der Waals surface area contributed by atoms with Gasteiger partial charge in [-0.1, -0.05) is 13.8 Å². The van der Waals surface area contributed by atoms with Crippen LogP contribution in [-0.2, 0) is 16.0 Å². The van der Waals surface area contributed by atoms with Crippen molar-refractivity contribution >= 4 is 29.5 Å². The van der Waals surface area contributed by atoms with E-state index >= 15 is 0 Å². The van der Waals surface area contributed by atoms with E-state index < -0.39 is 0 Å². The van der Waals surface area contributed by atoms with Crippen LogP contribution in [0.4, 0.5) is 0 Å². The maximum Gasteiger partial charge on any atom is 0.225 e. The maximum atomic E-state index is 11.7. The molecule has 0 saturated carbocycles. The van der Waals surface area contributed by atoms with Gasteiger partial charge in [-0.05, 0) is 25.1 Å². The van der Waals surface area contributed by atoms with Gasteiger partial charge in [0.25, 0.3) is 0 Å². The molecular weight excluding hydrogens is 268 g/mol. The first kappa shape index (κ1) is 15.3. The normalized spacial score (nSPS) is 10.9. The molecule has 0 saturated heterocycles. The highest BCUT2D eigenvalue weighted by atomic mass is 32.1. The smallest absolute Gasteiger partial charge is 0.225 e. The van der Waals surface area contributed by atoms with Crippen LogP contribution in [0.5, 0.6) is 0 Å². The minimum atomic E-state index is 0.0106.